The summed E-state index contributed by atoms with van der Waals surface area (Å²) in [6, 6.07) is 4.61. The molecule has 2 aliphatic rings. The van der Waals surface area contributed by atoms with Crippen molar-refractivity contribution in [2.24, 2.45) is 5.92 Å². The fourth-order valence-electron chi connectivity index (χ4n) is 3.73. The number of hydrogen-bond acceptors (Lipinski definition) is 4. The molecule has 23 heavy (non-hydrogen) atoms. The van der Waals surface area contributed by atoms with Crippen LogP contribution in [-0.2, 0) is 4.79 Å². The summed E-state index contributed by atoms with van der Waals surface area (Å²) in [6.45, 7) is 2.04. The maximum absolute atomic E-state index is 12.4. The number of rotatable bonds is 3. The van der Waals surface area contributed by atoms with Gasteiger partial charge in [-0.2, -0.15) is 0 Å². The molecule has 4 rings (SSSR count). The van der Waals surface area contributed by atoms with Crippen molar-refractivity contribution >= 4 is 33.1 Å². The zero-order valence-electron chi connectivity index (χ0n) is 13.6. The number of amides is 1. The fraction of sp³-hybridized carbons (Fsp3) is 0.556. The van der Waals surface area contributed by atoms with Crippen molar-refractivity contribution in [2.75, 3.05) is 25.0 Å². The first-order valence-corrected chi connectivity index (χ1v) is 9.46. The third-order valence-corrected chi connectivity index (χ3v) is 6.40. The Bertz CT molecular complexity index is 701. The Morgan fingerprint density at radius 3 is 2.74 bits per heavy atom. The summed E-state index contributed by atoms with van der Waals surface area (Å²) in [5.41, 5.74) is 2.39. The van der Waals surface area contributed by atoms with Gasteiger partial charge in [0, 0.05) is 38.3 Å². The van der Waals surface area contributed by atoms with Crippen molar-refractivity contribution < 1.29 is 4.79 Å². The van der Waals surface area contributed by atoms with E-state index < -0.39 is 0 Å². The molecule has 2 aromatic heterocycles. The lowest BCUT2D eigenvalue weighted by Crippen LogP contribution is -2.48. The molecule has 0 bridgehead atoms. The molecule has 0 unspecified atom stereocenters. The second-order valence-electron chi connectivity index (χ2n) is 6.76. The second kappa shape index (κ2) is 6.11. The van der Waals surface area contributed by atoms with Gasteiger partial charge in [-0.3, -0.25) is 9.78 Å². The maximum Gasteiger partial charge on any atom is 0.225 e. The predicted molar refractivity (Wildman–Crippen MR) is 95.0 cm³/mol. The summed E-state index contributed by atoms with van der Waals surface area (Å²) >= 11 is 1.77. The predicted octanol–water partition coefficient (Wildman–Crippen LogP) is 3.52. The molecular weight excluding hydrogens is 306 g/mol. The van der Waals surface area contributed by atoms with Gasteiger partial charge in [-0.15, -0.1) is 11.3 Å². The van der Waals surface area contributed by atoms with Gasteiger partial charge in [-0.25, -0.2) is 0 Å². The first-order valence-electron chi connectivity index (χ1n) is 8.58. The minimum atomic E-state index is 0.309. The molecule has 2 aromatic rings. The van der Waals surface area contributed by atoms with Crippen molar-refractivity contribution in [1.29, 1.82) is 0 Å². The van der Waals surface area contributed by atoms with E-state index in [1.54, 1.807) is 11.3 Å². The van der Waals surface area contributed by atoms with E-state index in [0.717, 1.165) is 44.3 Å². The summed E-state index contributed by atoms with van der Waals surface area (Å²) in [5.74, 6) is 0.684. The van der Waals surface area contributed by atoms with Gasteiger partial charge in [0.15, 0.2) is 0 Å². The first-order chi connectivity index (χ1) is 11.2. The summed E-state index contributed by atoms with van der Waals surface area (Å²) in [4.78, 5) is 21.3. The molecule has 5 heteroatoms. The number of thiophene rings is 1. The van der Waals surface area contributed by atoms with Crippen LogP contribution in [0.1, 0.15) is 32.1 Å². The number of anilines is 1. The molecule has 1 saturated heterocycles. The number of hydrogen-bond donors (Lipinski definition) is 0. The molecule has 1 amide bonds. The average molecular weight is 329 g/mol. The van der Waals surface area contributed by atoms with Crippen molar-refractivity contribution in [1.82, 2.24) is 9.88 Å². The van der Waals surface area contributed by atoms with Gasteiger partial charge in [0.25, 0.3) is 0 Å². The molecule has 0 radical (unpaired) electrons. The highest BCUT2D eigenvalue weighted by molar-refractivity contribution is 7.17. The molecule has 1 saturated carbocycles. The monoisotopic (exact) mass is 329 g/mol. The van der Waals surface area contributed by atoms with Gasteiger partial charge in [0.05, 0.1) is 15.9 Å². The fourth-order valence-corrected chi connectivity index (χ4v) is 4.62. The summed E-state index contributed by atoms with van der Waals surface area (Å²) < 4.78 is 1.28. The van der Waals surface area contributed by atoms with Crippen LogP contribution in [-0.4, -0.2) is 42.0 Å². The Labute approximate surface area is 141 Å². The van der Waals surface area contributed by atoms with Crippen LogP contribution in [0.4, 0.5) is 5.69 Å². The van der Waals surface area contributed by atoms with E-state index in [4.69, 9.17) is 0 Å². The van der Waals surface area contributed by atoms with Gasteiger partial charge < -0.3 is 9.80 Å². The average Bonchev–Trinajstić information content (AvgIpc) is 3.01. The molecule has 4 nitrogen and oxygen atoms in total. The number of nitrogens with zero attached hydrogens (tertiary/aromatic N) is 3. The van der Waals surface area contributed by atoms with E-state index in [-0.39, 0.29) is 0 Å². The van der Waals surface area contributed by atoms with Crippen LogP contribution in [0.3, 0.4) is 0 Å². The highest BCUT2D eigenvalue weighted by Gasteiger charge is 2.32. The van der Waals surface area contributed by atoms with Crippen LogP contribution >= 0.6 is 11.3 Å². The highest BCUT2D eigenvalue weighted by atomic mass is 32.1. The molecule has 0 atom stereocenters. The number of piperidine rings is 1. The van der Waals surface area contributed by atoms with Crippen LogP contribution in [0.5, 0.6) is 0 Å². The largest absolute Gasteiger partial charge is 0.370 e. The van der Waals surface area contributed by atoms with Gasteiger partial charge in [0.1, 0.15) is 0 Å². The molecule has 0 N–H and O–H groups in total. The van der Waals surface area contributed by atoms with E-state index >= 15 is 0 Å². The SMILES string of the molecule is CN(C(=O)C1CCC1)C1CCN(c2ccnc3ccsc23)CC1. The topological polar surface area (TPSA) is 36.4 Å². The molecule has 3 heterocycles. The van der Waals surface area contributed by atoms with Crippen molar-refractivity contribution in [3.8, 4) is 0 Å². The van der Waals surface area contributed by atoms with Crippen LogP contribution in [0.25, 0.3) is 10.2 Å². The van der Waals surface area contributed by atoms with E-state index in [0.29, 0.717) is 17.9 Å². The molecule has 2 fully saturated rings. The van der Waals surface area contributed by atoms with E-state index in [2.05, 4.69) is 27.4 Å². The standard InChI is InChI=1S/C18H23N3OS/c1-20(18(22)13-3-2-4-13)14-6-10-21(11-7-14)16-5-9-19-15-8-12-23-17(15)16/h5,8-9,12-14H,2-4,6-7,10-11H2,1H3. The van der Waals surface area contributed by atoms with Gasteiger partial charge in [-0.1, -0.05) is 6.42 Å². The van der Waals surface area contributed by atoms with E-state index in [1.807, 2.05) is 18.1 Å². The van der Waals surface area contributed by atoms with Crippen molar-refractivity contribution in [2.45, 2.75) is 38.1 Å². The Kier molecular flexibility index (Phi) is 3.97. The minimum absolute atomic E-state index is 0.309. The number of fused-ring (bicyclic) bond motifs is 1. The van der Waals surface area contributed by atoms with Crippen molar-refractivity contribution in [3.05, 3.63) is 23.7 Å². The third kappa shape index (κ3) is 2.71. The zero-order chi connectivity index (χ0) is 15.8. The molecule has 0 aromatic carbocycles. The second-order valence-corrected chi connectivity index (χ2v) is 7.68. The van der Waals surface area contributed by atoms with Crippen LogP contribution < -0.4 is 4.90 Å². The Morgan fingerprint density at radius 2 is 2.04 bits per heavy atom. The summed E-state index contributed by atoms with van der Waals surface area (Å²) in [5, 5.41) is 2.11. The van der Waals surface area contributed by atoms with Crippen molar-refractivity contribution in [3.63, 3.8) is 0 Å². The number of pyridine rings is 1. The summed E-state index contributed by atoms with van der Waals surface area (Å²) in [7, 11) is 2.00. The Hall–Kier alpha value is -1.62. The first kappa shape index (κ1) is 14.9. The van der Waals surface area contributed by atoms with Crippen LogP contribution in [0, 0.1) is 5.92 Å². The quantitative estimate of drug-likeness (QED) is 0.864. The number of carbonyl (C=O) groups excluding carboxylic acids is 1. The molecular formula is C18H23N3OS. The smallest absolute Gasteiger partial charge is 0.225 e. The molecule has 1 aliphatic heterocycles. The lowest BCUT2D eigenvalue weighted by molar-refractivity contribution is -0.139. The third-order valence-electron chi connectivity index (χ3n) is 5.48. The van der Waals surface area contributed by atoms with Gasteiger partial charge in [-0.05, 0) is 43.2 Å². The number of carbonyl (C=O) groups is 1. The summed E-state index contributed by atoms with van der Waals surface area (Å²) in [6.07, 6.45) is 7.43. The van der Waals surface area contributed by atoms with Crippen LogP contribution in [0.15, 0.2) is 23.7 Å². The molecule has 122 valence electrons. The maximum atomic E-state index is 12.4. The van der Waals surface area contributed by atoms with Gasteiger partial charge in [0.2, 0.25) is 5.91 Å². The number of aromatic nitrogens is 1. The van der Waals surface area contributed by atoms with Crippen LogP contribution in [0.2, 0.25) is 0 Å². The van der Waals surface area contributed by atoms with Gasteiger partial charge >= 0.3 is 0 Å². The molecule has 0 spiro atoms. The Morgan fingerprint density at radius 1 is 1.26 bits per heavy atom. The highest BCUT2D eigenvalue weighted by Crippen LogP contribution is 2.33. The lowest BCUT2D eigenvalue weighted by atomic mass is 9.84. The molecule has 1 aliphatic carbocycles. The van der Waals surface area contributed by atoms with E-state index in [9.17, 15) is 4.79 Å². The normalized spacial score (nSPS) is 19.8. The Balaban J connectivity index is 1.42. The lowest BCUT2D eigenvalue weighted by Gasteiger charge is -2.40. The minimum Gasteiger partial charge on any atom is -0.370 e. The van der Waals surface area contributed by atoms with E-state index in [1.165, 1.54) is 16.8 Å². The zero-order valence-corrected chi connectivity index (χ0v) is 14.4.